The van der Waals surface area contributed by atoms with Crippen LogP contribution in [0.4, 0.5) is 4.39 Å². The standard InChI is InChI=1S/C13H10FN3O2/c1-19-11-5-6-12(18)17(16-11)8-10-4-2-3-9(7-15)13(10)14/h2-6H,8H2,1H3. The molecule has 2 rings (SSSR count). The summed E-state index contributed by atoms with van der Waals surface area (Å²) in [6.07, 6.45) is 0. The molecule has 0 bridgehead atoms. The zero-order valence-electron chi connectivity index (χ0n) is 10.1. The van der Waals surface area contributed by atoms with Gasteiger partial charge in [-0.25, -0.2) is 9.07 Å². The van der Waals surface area contributed by atoms with Gasteiger partial charge >= 0.3 is 0 Å². The van der Waals surface area contributed by atoms with E-state index in [0.717, 1.165) is 4.68 Å². The molecule has 0 fully saturated rings. The van der Waals surface area contributed by atoms with Crippen molar-refractivity contribution in [2.75, 3.05) is 7.11 Å². The molecule has 96 valence electrons. The van der Waals surface area contributed by atoms with Crippen LogP contribution < -0.4 is 10.3 Å². The third-order valence-electron chi connectivity index (χ3n) is 2.57. The van der Waals surface area contributed by atoms with Crippen molar-refractivity contribution in [1.82, 2.24) is 9.78 Å². The number of ether oxygens (including phenoxy) is 1. The fraction of sp³-hybridized carbons (Fsp3) is 0.154. The van der Waals surface area contributed by atoms with Gasteiger partial charge in [0.1, 0.15) is 11.9 Å². The van der Waals surface area contributed by atoms with Crippen LogP contribution in [0.3, 0.4) is 0 Å². The van der Waals surface area contributed by atoms with Gasteiger partial charge in [0.25, 0.3) is 5.56 Å². The quantitative estimate of drug-likeness (QED) is 0.833. The molecule has 0 unspecified atom stereocenters. The molecular weight excluding hydrogens is 249 g/mol. The SMILES string of the molecule is COc1ccc(=O)n(Cc2cccc(C#N)c2F)n1. The van der Waals surface area contributed by atoms with Gasteiger partial charge in [0.15, 0.2) is 0 Å². The Morgan fingerprint density at radius 1 is 1.42 bits per heavy atom. The van der Waals surface area contributed by atoms with Gasteiger partial charge in [-0.3, -0.25) is 4.79 Å². The van der Waals surface area contributed by atoms with Crippen molar-refractivity contribution in [3.05, 3.63) is 57.6 Å². The number of benzene rings is 1. The van der Waals surface area contributed by atoms with Gasteiger partial charge in [0.2, 0.25) is 5.88 Å². The summed E-state index contributed by atoms with van der Waals surface area (Å²) in [6.45, 7) is -0.0581. The summed E-state index contributed by atoms with van der Waals surface area (Å²) >= 11 is 0. The molecule has 19 heavy (non-hydrogen) atoms. The van der Waals surface area contributed by atoms with Crippen LogP contribution in [0.15, 0.2) is 35.1 Å². The Labute approximate surface area is 108 Å². The molecule has 2 aromatic rings. The normalized spacial score (nSPS) is 9.95. The lowest BCUT2D eigenvalue weighted by molar-refractivity contribution is 0.378. The molecule has 0 aliphatic rings. The molecule has 1 aromatic heterocycles. The van der Waals surface area contributed by atoms with Crippen LogP contribution >= 0.6 is 0 Å². The molecule has 0 amide bonds. The molecule has 0 atom stereocenters. The van der Waals surface area contributed by atoms with Crippen LogP contribution in [0.5, 0.6) is 5.88 Å². The number of rotatable bonds is 3. The van der Waals surface area contributed by atoms with E-state index in [1.807, 2.05) is 0 Å². The van der Waals surface area contributed by atoms with Gasteiger partial charge in [0, 0.05) is 17.7 Å². The number of halogens is 1. The lowest BCUT2D eigenvalue weighted by Crippen LogP contribution is -2.23. The second kappa shape index (κ2) is 5.31. The second-order valence-electron chi connectivity index (χ2n) is 3.76. The maximum absolute atomic E-state index is 13.9. The van der Waals surface area contributed by atoms with Crippen LogP contribution in [0.25, 0.3) is 0 Å². The van der Waals surface area contributed by atoms with Crippen LogP contribution in [0.1, 0.15) is 11.1 Å². The first-order chi connectivity index (χ1) is 9.15. The molecule has 0 saturated heterocycles. The van der Waals surface area contributed by atoms with E-state index in [9.17, 15) is 9.18 Å². The zero-order valence-corrected chi connectivity index (χ0v) is 10.1. The maximum Gasteiger partial charge on any atom is 0.267 e. The summed E-state index contributed by atoms with van der Waals surface area (Å²) in [6, 6.07) is 8.91. The number of aromatic nitrogens is 2. The van der Waals surface area contributed by atoms with E-state index < -0.39 is 5.82 Å². The largest absolute Gasteiger partial charge is 0.480 e. The molecule has 1 heterocycles. The smallest absolute Gasteiger partial charge is 0.267 e. The van der Waals surface area contributed by atoms with Crippen molar-refractivity contribution in [2.24, 2.45) is 0 Å². The lowest BCUT2D eigenvalue weighted by Gasteiger charge is -2.07. The van der Waals surface area contributed by atoms with E-state index in [1.54, 1.807) is 12.1 Å². The third-order valence-corrected chi connectivity index (χ3v) is 2.57. The molecule has 0 saturated carbocycles. The van der Waals surface area contributed by atoms with E-state index >= 15 is 0 Å². The van der Waals surface area contributed by atoms with Crippen molar-refractivity contribution < 1.29 is 9.13 Å². The first-order valence-corrected chi connectivity index (χ1v) is 5.45. The molecular formula is C13H10FN3O2. The van der Waals surface area contributed by atoms with Gasteiger partial charge in [-0.2, -0.15) is 5.26 Å². The monoisotopic (exact) mass is 259 g/mol. The van der Waals surface area contributed by atoms with E-state index in [2.05, 4.69) is 5.10 Å². The third kappa shape index (κ3) is 2.60. The van der Waals surface area contributed by atoms with Crippen LogP contribution in [-0.4, -0.2) is 16.9 Å². The highest BCUT2D eigenvalue weighted by Crippen LogP contribution is 2.13. The van der Waals surface area contributed by atoms with Gasteiger partial charge in [0.05, 0.1) is 19.2 Å². The van der Waals surface area contributed by atoms with Crippen molar-refractivity contribution in [3.8, 4) is 11.9 Å². The van der Waals surface area contributed by atoms with Gasteiger partial charge in [-0.1, -0.05) is 12.1 Å². The van der Waals surface area contributed by atoms with E-state index in [0.29, 0.717) is 0 Å². The Bertz CT molecular complexity index is 704. The highest BCUT2D eigenvalue weighted by molar-refractivity contribution is 5.35. The van der Waals surface area contributed by atoms with E-state index in [1.165, 1.54) is 31.4 Å². The highest BCUT2D eigenvalue weighted by atomic mass is 19.1. The first kappa shape index (κ1) is 12.8. The van der Waals surface area contributed by atoms with Crippen molar-refractivity contribution >= 4 is 0 Å². The van der Waals surface area contributed by atoms with Gasteiger partial charge in [-0.15, -0.1) is 5.10 Å². The van der Waals surface area contributed by atoms with E-state index in [4.69, 9.17) is 10.00 Å². The van der Waals surface area contributed by atoms with Crippen molar-refractivity contribution in [2.45, 2.75) is 6.54 Å². The Hall–Kier alpha value is -2.68. The molecule has 6 heteroatoms. The Kier molecular flexibility index (Phi) is 3.57. The fourth-order valence-corrected chi connectivity index (χ4v) is 1.60. The predicted molar refractivity (Wildman–Crippen MR) is 65.3 cm³/mol. The molecule has 0 radical (unpaired) electrons. The van der Waals surface area contributed by atoms with Gasteiger partial charge in [-0.05, 0) is 6.07 Å². The topological polar surface area (TPSA) is 67.9 Å². The average molecular weight is 259 g/mol. The number of hydrogen-bond donors (Lipinski definition) is 0. The number of methoxy groups -OCH3 is 1. The second-order valence-corrected chi connectivity index (χ2v) is 3.76. The number of nitrogens with zero attached hydrogens (tertiary/aromatic N) is 3. The highest BCUT2D eigenvalue weighted by Gasteiger charge is 2.09. The molecule has 5 nitrogen and oxygen atoms in total. The zero-order chi connectivity index (χ0) is 13.8. The molecule has 1 aromatic carbocycles. The van der Waals surface area contributed by atoms with E-state index in [-0.39, 0.29) is 29.1 Å². The van der Waals surface area contributed by atoms with Crippen LogP contribution in [-0.2, 0) is 6.54 Å². The summed E-state index contributed by atoms with van der Waals surface area (Å²) < 4.78 is 19.9. The lowest BCUT2D eigenvalue weighted by atomic mass is 10.1. The fourth-order valence-electron chi connectivity index (χ4n) is 1.60. The average Bonchev–Trinajstić information content (AvgIpc) is 2.43. The number of nitriles is 1. The summed E-state index contributed by atoms with van der Waals surface area (Å²) in [7, 11) is 1.42. The minimum Gasteiger partial charge on any atom is -0.480 e. The summed E-state index contributed by atoms with van der Waals surface area (Å²) in [5.41, 5.74) is -0.210. The molecule has 0 spiro atoms. The van der Waals surface area contributed by atoms with Crippen molar-refractivity contribution in [1.29, 1.82) is 5.26 Å². The first-order valence-electron chi connectivity index (χ1n) is 5.45. The van der Waals surface area contributed by atoms with Gasteiger partial charge < -0.3 is 4.74 Å². The minimum absolute atomic E-state index is 0.0581. The Balaban J connectivity index is 2.42. The van der Waals surface area contributed by atoms with Crippen molar-refractivity contribution in [3.63, 3.8) is 0 Å². The Morgan fingerprint density at radius 3 is 2.89 bits per heavy atom. The maximum atomic E-state index is 13.9. The van der Waals surface area contributed by atoms with Crippen LogP contribution in [0.2, 0.25) is 0 Å². The Morgan fingerprint density at radius 2 is 2.21 bits per heavy atom. The summed E-state index contributed by atoms with van der Waals surface area (Å²) in [5, 5.41) is 12.7. The predicted octanol–water partition coefficient (Wildman–Crippen LogP) is 1.31. The molecule has 0 aliphatic heterocycles. The van der Waals surface area contributed by atoms with Crippen LogP contribution in [0, 0.1) is 17.1 Å². The summed E-state index contributed by atoms with van der Waals surface area (Å²) in [4.78, 5) is 11.6. The molecule has 0 aliphatic carbocycles. The summed E-state index contributed by atoms with van der Waals surface area (Å²) in [5.74, 6) is -0.377. The molecule has 0 N–H and O–H groups in total. The minimum atomic E-state index is -0.637. The number of hydrogen-bond acceptors (Lipinski definition) is 4.